The van der Waals surface area contributed by atoms with E-state index in [1.165, 1.54) is 5.69 Å². The van der Waals surface area contributed by atoms with Crippen molar-refractivity contribution in [1.29, 1.82) is 0 Å². The molecular formula is C15H19N2O+. The van der Waals surface area contributed by atoms with Crippen LogP contribution in [0.5, 0.6) is 0 Å². The summed E-state index contributed by atoms with van der Waals surface area (Å²) < 4.78 is 7.64. The zero-order valence-electron chi connectivity index (χ0n) is 11.3. The average Bonchev–Trinajstić information content (AvgIpc) is 2.78. The largest absolute Gasteiger partial charge is 0.405 e. The molecule has 1 aromatic rings. The van der Waals surface area contributed by atoms with Crippen molar-refractivity contribution < 1.29 is 9.31 Å². The fraction of sp³-hybridized carbons (Fsp3) is 0.267. The molecule has 0 radical (unpaired) electrons. The maximum Gasteiger partial charge on any atom is 0.367 e. The van der Waals surface area contributed by atoms with Crippen LogP contribution in [0, 0.1) is 0 Å². The monoisotopic (exact) mass is 243 g/mol. The Labute approximate surface area is 108 Å². The second kappa shape index (κ2) is 5.08. The number of nitrogens with zero attached hydrogens (tertiary/aromatic N) is 2. The lowest BCUT2D eigenvalue weighted by molar-refractivity contribution is -0.472. The van der Waals surface area contributed by atoms with Crippen LogP contribution >= 0.6 is 0 Å². The lowest BCUT2D eigenvalue weighted by Crippen LogP contribution is -2.10. The first-order valence-electron chi connectivity index (χ1n) is 5.95. The molecule has 0 atom stereocenters. The van der Waals surface area contributed by atoms with Crippen molar-refractivity contribution in [2.75, 3.05) is 33.1 Å². The Bertz CT molecular complexity index is 518. The highest BCUT2D eigenvalue weighted by Crippen LogP contribution is 2.17. The van der Waals surface area contributed by atoms with E-state index in [2.05, 4.69) is 29.2 Å². The molecule has 2 rings (SSSR count). The van der Waals surface area contributed by atoms with Crippen molar-refractivity contribution >= 4 is 17.7 Å². The van der Waals surface area contributed by atoms with E-state index in [1.807, 2.05) is 51.0 Å². The predicted octanol–water partition coefficient (Wildman–Crippen LogP) is 2.35. The van der Waals surface area contributed by atoms with Crippen molar-refractivity contribution in [1.82, 2.24) is 0 Å². The average molecular weight is 243 g/mol. The second-order valence-corrected chi connectivity index (χ2v) is 4.70. The van der Waals surface area contributed by atoms with Crippen molar-refractivity contribution in [2.45, 2.75) is 0 Å². The molecule has 18 heavy (non-hydrogen) atoms. The van der Waals surface area contributed by atoms with Crippen LogP contribution in [0.3, 0.4) is 0 Å². The van der Waals surface area contributed by atoms with Crippen molar-refractivity contribution in [3.05, 3.63) is 47.7 Å². The van der Waals surface area contributed by atoms with E-state index in [0.29, 0.717) is 0 Å². The SMILES string of the molecule is CN(C)c1ccc(C=C2C=CC(=[N+](C)C)O2)cc1. The van der Waals surface area contributed by atoms with Crippen LogP contribution in [0.25, 0.3) is 6.08 Å². The minimum atomic E-state index is 0.867. The summed E-state index contributed by atoms with van der Waals surface area (Å²) in [4.78, 5) is 2.08. The molecule has 0 N–H and O–H groups in total. The lowest BCUT2D eigenvalue weighted by atomic mass is 10.2. The van der Waals surface area contributed by atoms with E-state index >= 15 is 0 Å². The molecule has 94 valence electrons. The summed E-state index contributed by atoms with van der Waals surface area (Å²) in [6.07, 6.45) is 5.99. The summed E-state index contributed by atoms with van der Waals surface area (Å²) >= 11 is 0. The normalized spacial score (nSPS) is 16.0. The number of hydrogen-bond acceptors (Lipinski definition) is 2. The Morgan fingerprint density at radius 2 is 1.72 bits per heavy atom. The van der Waals surface area contributed by atoms with Gasteiger partial charge in [-0.1, -0.05) is 12.1 Å². The highest BCUT2D eigenvalue weighted by molar-refractivity contribution is 5.88. The predicted molar refractivity (Wildman–Crippen MR) is 76.1 cm³/mol. The Hall–Kier alpha value is -2.03. The van der Waals surface area contributed by atoms with Gasteiger partial charge in [0.1, 0.15) is 19.9 Å². The number of rotatable bonds is 2. The van der Waals surface area contributed by atoms with Gasteiger partial charge in [0.2, 0.25) is 0 Å². The number of benzene rings is 1. The summed E-state index contributed by atoms with van der Waals surface area (Å²) in [6, 6.07) is 8.38. The van der Waals surface area contributed by atoms with Crippen LogP contribution in [0.15, 0.2) is 42.2 Å². The van der Waals surface area contributed by atoms with Gasteiger partial charge in [0.15, 0.2) is 0 Å². The van der Waals surface area contributed by atoms with Gasteiger partial charge in [0, 0.05) is 19.8 Å². The number of anilines is 1. The Kier molecular flexibility index (Phi) is 3.51. The standard InChI is InChI=1S/C15H19N2O/c1-16(2)13-7-5-12(6-8-13)11-14-9-10-15(18-14)17(3)4/h5-11H,1-4H3/q+1. The molecule has 1 aliphatic heterocycles. The van der Waals surface area contributed by atoms with Crippen LogP contribution in [0.1, 0.15) is 5.56 Å². The molecule has 0 bridgehead atoms. The van der Waals surface area contributed by atoms with Gasteiger partial charge >= 0.3 is 5.90 Å². The van der Waals surface area contributed by atoms with E-state index in [9.17, 15) is 0 Å². The number of ether oxygens (including phenoxy) is 1. The zero-order chi connectivity index (χ0) is 13.1. The van der Waals surface area contributed by atoms with E-state index in [1.54, 1.807) is 0 Å². The maximum absolute atomic E-state index is 5.69. The van der Waals surface area contributed by atoms with Gasteiger partial charge in [-0.2, -0.15) is 0 Å². The Balaban J connectivity index is 2.16. The van der Waals surface area contributed by atoms with Gasteiger partial charge in [-0.3, -0.25) is 0 Å². The van der Waals surface area contributed by atoms with E-state index in [-0.39, 0.29) is 0 Å². The van der Waals surface area contributed by atoms with E-state index in [4.69, 9.17) is 4.74 Å². The minimum Gasteiger partial charge on any atom is -0.405 e. The Morgan fingerprint density at radius 3 is 2.22 bits per heavy atom. The fourth-order valence-electron chi connectivity index (χ4n) is 1.69. The van der Waals surface area contributed by atoms with Gasteiger partial charge in [-0.25, -0.2) is 4.58 Å². The molecule has 3 heteroatoms. The van der Waals surface area contributed by atoms with Gasteiger partial charge in [0.05, 0.1) is 6.08 Å². The van der Waals surface area contributed by atoms with Crippen molar-refractivity contribution in [3.8, 4) is 0 Å². The molecule has 0 aromatic heterocycles. The molecular weight excluding hydrogens is 224 g/mol. The minimum absolute atomic E-state index is 0.867. The third-order valence-corrected chi connectivity index (χ3v) is 2.77. The fourth-order valence-corrected chi connectivity index (χ4v) is 1.69. The van der Waals surface area contributed by atoms with Crippen LogP contribution in [0.4, 0.5) is 5.69 Å². The maximum atomic E-state index is 5.69. The van der Waals surface area contributed by atoms with E-state index in [0.717, 1.165) is 17.2 Å². The molecule has 3 nitrogen and oxygen atoms in total. The molecule has 1 aliphatic rings. The van der Waals surface area contributed by atoms with Gasteiger partial charge < -0.3 is 9.64 Å². The van der Waals surface area contributed by atoms with Crippen molar-refractivity contribution in [2.24, 2.45) is 0 Å². The van der Waals surface area contributed by atoms with Crippen LogP contribution in [-0.2, 0) is 4.74 Å². The smallest absolute Gasteiger partial charge is 0.367 e. The summed E-state index contributed by atoms with van der Waals surface area (Å²) in [6.45, 7) is 0. The topological polar surface area (TPSA) is 15.5 Å². The second-order valence-electron chi connectivity index (χ2n) is 4.70. The molecule has 0 unspecified atom stereocenters. The third-order valence-electron chi connectivity index (χ3n) is 2.77. The highest BCUT2D eigenvalue weighted by Gasteiger charge is 2.14. The summed E-state index contributed by atoms with van der Waals surface area (Å²) in [5.74, 6) is 1.74. The third kappa shape index (κ3) is 2.80. The van der Waals surface area contributed by atoms with Gasteiger partial charge in [0.25, 0.3) is 0 Å². The quantitative estimate of drug-likeness (QED) is 0.741. The van der Waals surface area contributed by atoms with Crippen LogP contribution in [0.2, 0.25) is 0 Å². The first-order valence-corrected chi connectivity index (χ1v) is 5.95. The first kappa shape index (κ1) is 12.4. The lowest BCUT2D eigenvalue weighted by Gasteiger charge is -2.11. The van der Waals surface area contributed by atoms with Gasteiger partial charge in [-0.05, 0) is 29.8 Å². The highest BCUT2D eigenvalue weighted by atomic mass is 16.5. The van der Waals surface area contributed by atoms with Gasteiger partial charge in [-0.15, -0.1) is 0 Å². The molecule has 1 heterocycles. The van der Waals surface area contributed by atoms with Crippen LogP contribution < -0.4 is 4.90 Å². The molecule has 0 aliphatic carbocycles. The number of hydrogen-bond donors (Lipinski definition) is 0. The summed E-state index contributed by atoms with van der Waals surface area (Å²) in [5, 5.41) is 0. The molecule has 0 saturated heterocycles. The Morgan fingerprint density at radius 1 is 1.06 bits per heavy atom. The van der Waals surface area contributed by atoms with E-state index < -0.39 is 0 Å². The first-order chi connectivity index (χ1) is 8.56. The van der Waals surface area contributed by atoms with Crippen molar-refractivity contribution in [3.63, 3.8) is 0 Å². The number of allylic oxidation sites excluding steroid dienone is 1. The molecule has 0 fully saturated rings. The zero-order valence-corrected chi connectivity index (χ0v) is 11.3. The summed E-state index contributed by atoms with van der Waals surface area (Å²) in [7, 11) is 8.01. The molecule has 0 spiro atoms. The van der Waals surface area contributed by atoms with Crippen LogP contribution in [-0.4, -0.2) is 38.7 Å². The molecule has 1 aromatic carbocycles. The molecule has 0 saturated carbocycles. The summed E-state index contributed by atoms with van der Waals surface area (Å²) in [5.41, 5.74) is 2.33. The molecule has 0 amide bonds.